The van der Waals surface area contributed by atoms with Crippen LogP contribution in [0.1, 0.15) is 26.7 Å². The maximum Gasteiger partial charge on any atom is 0.202 e. The van der Waals surface area contributed by atoms with E-state index in [1.165, 1.54) is 0 Å². The topological polar surface area (TPSA) is 38.9 Å². The summed E-state index contributed by atoms with van der Waals surface area (Å²) in [5.41, 5.74) is 1.31. The third kappa shape index (κ3) is 1.66. The molecule has 2 aromatic rings. The number of hydrogen-bond acceptors (Lipinski definition) is 3. The molecule has 2 aromatic heterocycles. The summed E-state index contributed by atoms with van der Waals surface area (Å²) in [6, 6.07) is 1.88. The lowest BCUT2D eigenvalue weighted by Crippen LogP contribution is -2.11. The molecule has 0 aliphatic heterocycles. The maximum absolute atomic E-state index is 5.61. The highest BCUT2D eigenvalue weighted by molar-refractivity contribution is 9.10. The Morgan fingerprint density at radius 1 is 1.36 bits per heavy atom. The Hall–Kier alpha value is -0.900. The van der Waals surface area contributed by atoms with Crippen molar-refractivity contribution in [3.8, 4) is 0 Å². The molecule has 14 heavy (non-hydrogen) atoms. The summed E-state index contributed by atoms with van der Waals surface area (Å²) in [6.45, 7) is 6.19. The minimum absolute atomic E-state index is 0.0762. The summed E-state index contributed by atoms with van der Waals surface area (Å²) in [6.07, 6.45) is 1.72. The summed E-state index contributed by atoms with van der Waals surface area (Å²) in [5.74, 6) is 0.720. The van der Waals surface area contributed by atoms with Gasteiger partial charge in [-0.25, -0.2) is 4.98 Å². The van der Waals surface area contributed by atoms with Crippen LogP contribution in [0, 0.1) is 0 Å². The first kappa shape index (κ1) is 9.65. The van der Waals surface area contributed by atoms with Crippen molar-refractivity contribution < 1.29 is 4.42 Å². The summed E-state index contributed by atoms with van der Waals surface area (Å²) < 4.78 is 6.51. The molecule has 0 saturated heterocycles. The second-order valence-electron chi connectivity index (χ2n) is 4.24. The molecule has 0 N–H and O–H groups in total. The number of fused-ring (bicyclic) bond motifs is 1. The smallest absolute Gasteiger partial charge is 0.202 e. The van der Waals surface area contributed by atoms with Crippen molar-refractivity contribution in [1.29, 1.82) is 0 Å². The van der Waals surface area contributed by atoms with Gasteiger partial charge >= 0.3 is 0 Å². The highest BCUT2D eigenvalue weighted by Crippen LogP contribution is 2.25. The molecule has 2 rings (SSSR count). The van der Waals surface area contributed by atoms with Gasteiger partial charge in [-0.1, -0.05) is 20.8 Å². The second kappa shape index (κ2) is 3.05. The number of aromatic nitrogens is 2. The van der Waals surface area contributed by atoms with Gasteiger partial charge in [0.1, 0.15) is 0 Å². The van der Waals surface area contributed by atoms with E-state index in [0.717, 1.165) is 15.9 Å². The molecule has 2 heterocycles. The van der Waals surface area contributed by atoms with Crippen LogP contribution in [-0.4, -0.2) is 9.97 Å². The van der Waals surface area contributed by atoms with Gasteiger partial charge in [-0.2, -0.15) is 4.98 Å². The molecule has 0 fully saturated rings. The van der Waals surface area contributed by atoms with Gasteiger partial charge in [-0.15, -0.1) is 0 Å². The van der Waals surface area contributed by atoms with Gasteiger partial charge in [-0.3, -0.25) is 0 Å². The van der Waals surface area contributed by atoms with Gasteiger partial charge in [0.05, 0.1) is 0 Å². The molecule has 4 heteroatoms. The van der Waals surface area contributed by atoms with Crippen LogP contribution in [0.5, 0.6) is 0 Å². The van der Waals surface area contributed by atoms with Crippen LogP contribution in [-0.2, 0) is 5.41 Å². The van der Waals surface area contributed by atoms with Crippen LogP contribution < -0.4 is 0 Å². The standard InChI is InChI=1S/C10H11BrN2O/c1-10(2,3)9-13-8-7(14-9)4-6(11)5-12-8/h4-5H,1-3H3. The lowest BCUT2D eigenvalue weighted by molar-refractivity contribution is 0.411. The minimum atomic E-state index is -0.0762. The van der Waals surface area contributed by atoms with Crippen molar-refractivity contribution >= 4 is 27.2 Å². The van der Waals surface area contributed by atoms with Crippen molar-refractivity contribution in [2.24, 2.45) is 0 Å². The van der Waals surface area contributed by atoms with E-state index in [-0.39, 0.29) is 5.41 Å². The third-order valence-electron chi connectivity index (χ3n) is 1.86. The fraction of sp³-hybridized carbons (Fsp3) is 0.400. The zero-order chi connectivity index (χ0) is 10.3. The first-order valence-electron chi connectivity index (χ1n) is 4.39. The van der Waals surface area contributed by atoms with E-state index in [2.05, 4.69) is 46.7 Å². The van der Waals surface area contributed by atoms with Crippen LogP contribution in [0.25, 0.3) is 11.2 Å². The van der Waals surface area contributed by atoms with Crippen molar-refractivity contribution in [3.63, 3.8) is 0 Å². The van der Waals surface area contributed by atoms with Gasteiger partial charge in [0.2, 0.25) is 5.89 Å². The Balaban J connectivity index is 2.63. The van der Waals surface area contributed by atoms with Gasteiger partial charge < -0.3 is 4.42 Å². The fourth-order valence-corrected chi connectivity index (χ4v) is 1.43. The van der Waals surface area contributed by atoms with E-state index in [1.807, 2.05) is 6.07 Å². The van der Waals surface area contributed by atoms with Crippen molar-refractivity contribution in [3.05, 3.63) is 22.6 Å². The third-order valence-corrected chi connectivity index (χ3v) is 2.29. The van der Waals surface area contributed by atoms with Gasteiger partial charge in [0.25, 0.3) is 0 Å². The van der Waals surface area contributed by atoms with Gasteiger partial charge in [-0.05, 0) is 15.9 Å². The Labute approximate surface area is 90.7 Å². The average Bonchev–Trinajstić information content (AvgIpc) is 2.45. The van der Waals surface area contributed by atoms with E-state index in [4.69, 9.17) is 4.42 Å². The van der Waals surface area contributed by atoms with Crippen LogP contribution in [0.15, 0.2) is 21.2 Å². The molecule has 0 aromatic carbocycles. The molecule has 74 valence electrons. The molecular formula is C10H11BrN2O. The van der Waals surface area contributed by atoms with Crippen LogP contribution >= 0.6 is 15.9 Å². The first-order chi connectivity index (χ1) is 6.47. The van der Waals surface area contributed by atoms with E-state index in [1.54, 1.807) is 6.20 Å². The predicted molar refractivity (Wildman–Crippen MR) is 58.2 cm³/mol. The summed E-state index contributed by atoms with van der Waals surface area (Å²) in [5, 5.41) is 0. The minimum Gasteiger partial charge on any atom is -0.438 e. The maximum atomic E-state index is 5.61. The van der Waals surface area contributed by atoms with Crippen molar-refractivity contribution in [2.75, 3.05) is 0 Å². The molecule has 0 amide bonds. The Bertz CT molecular complexity index is 470. The SMILES string of the molecule is CC(C)(C)c1nc2ncc(Br)cc2o1. The number of nitrogens with zero attached hydrogens (tertiary/aromatic N) is 2. The molecule has 0 unspecified atom stereocenters. The molecule has 0 bridgehead atoms. The number of pyridine rings is 1. The molecule has 0 spiro atoms. The van der Waals surface area contributed by atoms with E-state index >= 15 is 0 Å². The van der Waals surface area contributed by atoms with Crippen LogP contribution in [0.3, 0.4) is 0 Å². The second-order valence-corrected chi connectivity index (χ2v) is 5.16. The largest absolute Gasteiger partial charge is 0.438 e. The lowest BCUT2D eigenvalue weighted by Gasteiger charge is -2.11. The predicted octanol–water partition coefficient (Wildman–Crippen LogP) is 3.28. The molecule has 0 aliphatic carbocycles. The zero-order valence-corrected chi connectivity index (χ0v) is 9.92. The number of oxazole rings is 1. The lowest BCUT2D eigenvalue weighted by atomic mass is 9.97. The summed E-state index contributed by atoms with van der Waals surface area (Å²) in [7, 11) is 0. The molecule has 0 atom stereocenters. The Kier molecular flexibility index (Phi) is 2.10. The highest BCUT2D eigenvalue weighted by Gasteiger charge is 2.21. The summed E-state index contributed by atoms with van der Waals surface area (Å²) >= 11 is 3.34. The number of halogens is 1. The summed E-state index contributed by atoms with van der Waals surface area (Å²) in [4.78, 5) is 8.49. The number of hydrogen-bond donors (Lipinski definition) is 0. The first-order valence-corrected chi connectivity index (χ1v) is 5.19. The molecular weight excluding hydrogens is 244 g/mol. The average molecular weight is 255 g/mol. The monoisotopic (exact) mass is 254 g/mol. The molecule has 3 nitrogen and oxygen atoms in total. The quantitative estimate of drug-likeness (QED) is 0.725. The highest BCUT2D eigenvalue weighted by atomic mass is 79.9. The van der Waals surface area contributed by atoms with Crippen LogP contribution in [0.2, 0.25) is 0 Å². The Morgan fingerprint density at radius 3 is 2.71 bits per heavy atom. The molecule has 0 radical (unpaired) electrons. The van der Waals surface area contributed by atoms with Crippen molar-refractivity contribution in [1.82, 2.24) is 9.97 Å². The van der Waals surface area contributed by atoms with E-state index in [9.17, 15) is 0 Å². The normalized spacial score (nSPS) is 12.3. The number of rotatable bonds is 0. The molecule has 0 aliphatic rings. The van der Waals surface area contributed by atoms with E-state index < -0.39 is 0 Å². The van der Waals surface area contributed by atoms with E-state index in [0.29, 0.717) is 5.65 Å². The van der Waals surface area contributed by atoms with Gasteiger partial charge in [0.15, 0.2) is 11.2 Å². The van der Waals surface area contributed by atoms with Gasteiger partial charge in [0, 0.05) is 22.2 Å². The Morgan fingerprint density at radius 2 is 2.07 bits per heavy atom. The van der Waals surface area contributed by atoms with Crippen molar-refractivity contribution in [2.45, 2.75) is 26.2 Å². The molecule has 0 saturated carbocycles. The van der Waals surface area contributed by atoms with Crippen LogP contribution in [0.4, 0.5) is 0 Å². The fourth-order valence-electron chi connectivity index (χ4n) is 1.12. The zero-order valence-electron chi connectivity index (χ0n) is 8.34.